The summed E-state index contributed by atoms with van der Waals surface area (Å²) in [6.07, 6.45) is 1.92. The molecule has 0 saturated carbocycles. The van der Waals surface area contributed by atoms with Crippen LogP contribution in [0, 0.1) is 0 Å². The van der Waals surface area contributed by atoms with Gasteiger partial charge in [-0.3, -0.25) is 24.0 Å². The smallest absolute Gasteiger partial charge is 0.255 e. The van der Waals surface area contributed by atoms with Gasteiger partial charge in [0.1, 0.15) is 6.04 Å². The molecule has 59 heavy (non-hydrogen) atoms. The zero-order valence-corrected chi connectivity index (χ0v) is 34.3. The first-order valence-corrected chi connectivity index (χ1v) is 19.8. The first-order valence-electron chi connectivity index (χ1n) is 18.5. The van der Waals surface area contributed by atoms with Gasteiger partial charge >= 0.3 is 0 Å². The second-order valence-electron chi connectivity index (χ2n) is 12.7. The van der Waals surface area contributed by atoms with E-state index in [1.807, 2.05) is 6.26 Å². The van der Waals surface area contributed by atoms with Crippen molar-refractivity contribution in [3.63, 3.8) is 0 Å². The van der Waals surface area contributed by atoms with Crippen molar-refractivity contribution in [1.29, 1.82) is 0 Å². The Bertz CT molecular complexity index is 1780. The maximum Gasteiger partial charge on any atom is 0.255 e. The molecule has 18 nitrogen and oxygen atoms in total. The van der Waals surface area contributed by atoms with Gasteiger partial charge in [-0.05, 0) is 61.9 Å². The van der Waals surface area contributed by atoms with Crippen molar-refractivity contribution in [2.45, 2.75) is 31.7 Å². The molecule has 1 atom stereocenters. The van der Waals surface area contributed by atoms with Crippen LogP contribution >= 0.6 is 11.8 Å². The Morgan fingerprint density at radius 3 is 1.56 bits per heavy atom. The number of aromatic hydroxyl groups is 6. The molecule has 3 aromatic carbocycles. The molecule has 0 aliphatic heterocycles. The van der Waals surface area contributed by atoms with Crippen molar-refractivity contribution in [3.8, 4) is 34.5 Å². The molecule has 3 aromatic rings. The minimum absolute atomic E-state index is 0. The van der Waals surface area contributed by atoms with Gasteiger partial charge in [0.2, 0.25) is 11.8 Å². The van der Waals surface area contributed by atoms with Crippen LogP contribution in [0.1, 0.15) is 56.8 Å². The van der Waals surface area contributed by atoms with Crippen LogP contribution in [-0.4, -0.2) is 142 Å². The summed E-state index contributed by atoms with van der Waals surface area (Å²) in [4.78, 5) is 67.1. The van der Waals surface area contributed by atoms with Crippen LogP contribution in [-0.2, 0) is 36.1 Å². The zero-order valence-electron chi connectivity index (χ0n) is 32.4. The Kier molecular flexibility index (Phi) is 22.4. The molecule has 3 rings (SSSR count). The van der Waals surface area contributed by atoms with E-state index in [-0.39, 0.29) is 98.8 Å². The molecule has 1 unspecified atom stereocenters. The van der Waals surface area contributed by atoms with E-state index in [1.165, 1.54) is 59.5 Å². The maximum atomic E-state index is 14.2. The van der Waals surface area contributed by atoms with Crippen molar-refractivity contribution in [3.05, 3.63) is 71.3 Å². The molecule has 0 spiro atoms. The molecule has 324 valence electrons. The summed E-state index contributed by atoms with van der Waals surface area (Å²) < 4.78 is 10.9. The summed E-state index contributed by atoms with van der Waals surface area (Å²) in [6, 6.07) is 10.2. The first-order chi connectivity index (χ1) is 27.8. The largest absolute Gasteiger partial charge is 0.504 e. The first kappa shape index (κ1) is 49.7. The van der Waals surface area contributed by atoms with Crippen LogP contribution in [0.2, 0.25) is 0 Å². The molecule has 0 saturated heterocycles. The van der Waals surface area contributed by atoms with Gasteiger partial charge in [-0.1, -0.05) is 18.2 Å². The Balaban J connectivity index is 0.0000120. The van der Waals surface area contributed by atoms with Gasteiger partial charge < -0.3 is 66.3 Å². The van der Waals surface area contributed by atoms with Crippen molar-refractivity contribution in [1.82, 2.24) is 26.2 Å². The summed E-state index contributed by atoms with van der Waals surface area (Å²) in [6.45, 7) is 1.76. The van der Waals surface area contributed by atoms with Gasteiger partial charge in [0.25, 0.3) is 17.7 Å². The van der Waals surface area contributed by atoms with E-state index < -0.39 is 70.1 Å². The minimum Gasteiger partial charge on any atom is -0.504 e. The SMILES string of the molecule is CSCCOCCOCCNC(=O)CCC(NC(=O)c1cccc(O)c1O)C(=O)N(CCCNC(=O)c1cccc(O)c1O)CCCNC(=O)c1cccc(O)c1O.[Fe]. The van der Waals surface area contributed by atoms with Crippen molar-refractivity contribution in [2.24, 2.45) is 0 Å². The predicted molar refractivity (Wildman–Crippen MR) is 213 cm³/mol. The normalized spacial score (nSPS) is 11.1. The summed E-state index contributed by atoms with van der Waals surface area (Å²) >= 11 is 1.66. The van der Waals surface area contributed by atoms with Gasteiger partial charge in [-0.2, -0.15) is 11.8 Å². The summed E-state index contributed by atoms with van der Waals surface area (Å²) in [5.74, 6) is -5.91. The molecule has 0 aromatic heterocycles. The van der Waals surface area contributed by atoms with Crippen molar-refractivity contribution in [2.75, 3.05) is 71.2 Å². The quantitative estimate of drug-likeness (QED) is 0.0330. The summed E-state index contributed by atoms with van der Waals surface area (Å²) in [5, 5.41) is 70.5. The van der Waals surface area contributed by atoms with Gasteiger partial charge in [0.05, 0.1) is 43.1 Å². The number of hydrogen-bond donors (Lipinski definition) is 10. The molecule has 20 heteroatoms. The molecule has 0 aliphatic rings. The fourth-order valence-electron chi connectivity index (χ4n) is 5.41. The van der Waals surface area contributed by atoms with Crippen LogP contribution in [0.15, 0.2) is 54.6 Å². The van der Waals surface area contributed by atoms with Crippen LogP contribution in [0.5, 0.6) is 34.5 Å². The van der Waals surface area contributed by atoms with Crippen molar-refractivity contribution < 1.29 is 81.2 Å². The van der Waals surface area contributed by atoms with Crippen LogP contribution in [0.25, 0.3) is 0 Å². The number of amides is 5. The molecule has 0 heterocycles. The molecule has 0 aliphatic carbocycles. The third kappa shape index (κ3) is 16.4. The third-order valence-electron chi connectivity index (χ3n) is 8.51. The Morgan fingerprint density at radius 2 is 1.08 bits per heavy atom. The van der Waals surface area contributed by atoms with E-state index >= 15 is 0 Å². The van der Waals surface area contributed by atoms with Crippen molar-refractivity contribution >= 4 is 41.3 Å². The van der Waals surface area contributed by atoms with E-state index in [9.17, 15) is 54.6 Å². The molecular weight excluding hydrogens is 834 g/mol. The number of carbonyl (C=O) groups is 5. The number of hydrogen-bond acceptors (Lipinski definition) is 14. The zero-order chi connectivity index (χ0) is 42.5. The van der Waals surface area contributed by atoms with Crippen LogP contribution in [0.3, 0.4) is 0 Å². The van der Waals surface area contributed by atoms with E-state index in [1.54, 1.807) is 11.8 Å². The van der Waals surface area contributed by atoms with Gasteiger partial charge in [0.15, 0.2) is 34.5 Å². The monoisotopic (exact) mass is 885 g/mol. The topological polar surface area (TPSA) is 277 Å². The number of nitrogens with one attached hydrogen (secondary N) is 4. The second-order valence-corrected chi connectivity index (χ2v) is 13.7. The number of ether oxygens (including phenoxy) is 2. The molecular formula is C39H51FeN5O13S. The van der Waals surface area contributed by atoms with Gasteiger partial charge in [-0.15, -0.1) is 0 Å². The number of phenolic OH excluding ortho intramolecular Hbond substituents is 6. The van der Waals surface area contributed by atoms with E-state index in [0.717, 1.165) is 5.75 Å². The number of para-hydroxylation sites is 3. The van der Waals surface area contributed by atoms with E-state index in [4.69, 9.17) is 9.47 Å². The number of nitrogens with zero attached hydrogens (tertiary/aromatic N) is 1. The number of phenols is 6. The number of carbonyl (C=O) groups excluding carboxylic acids is 5. The average molecular weight is 886 g/mol. The summed E-state index contributed by atoms with van der Waals surface area (Å²) in [5.41, 5.74) is -0.654. The third-order valence-corrected chi connectivity index (χ3v) is 9.08. The number of rotatable bonds is 25. The Morgan fingerprint density at radius 1 is 0.627 bits per heavy atom. The summed E-state index contributed by atoms with van der Waals surface area (Å²) in [7, 11) is 0. The van der Waals surface area contributed by atoms with E-state index in [2.05, 4.69) is 21.3 Å². The van der Waals surface area contributed by atoms with Crippen LogP contribution in [0.4, 0.5) is 0 Å². The van der Waals surface area contributed by atoms with Crippen LogP contribution < -0.4 is 21.3 Å². The van der Waals surface area contributed by atoms with Gasteiger partial charge in [-0.25, -0.2) is 0 Å². The fraction of sp³-hybridized carbons (Fsp3) is 0.410. The van der Waals surface area contributed by atoms with E-state index in [0.29, 0.717) is 19.8 Å². The number of benzene rings is 3. The molecule has 0 fully saturated rings. The molecule has 5 amide bonds. The molecule has 0 bridgehead atoms. The number of thioether (sulfide) groups is 1. The standard InChI is InChI=1S/C39H51N5O13S.Fe/c1-58-24-23-57-22-21-56-20-17-40-32(48)14-13-28(43-38(54)27-9-4-12-31(47)35(27)51)39(55)44(18-5-15-41-36(52)25-7-2-10-29(45)33(25)49)19-6-16-42-37(53)26-8-3-11-30(46)34(26)50;/h2-4,7-12,28,45-47,49-51H,5-6,13-24H2,1H3,(H,40,48)(H,41,52)(H,42,53)(H,43,54);. The Labute approximate surface area is 356 Å². The Hall–Kier alpha value is -5.40. The second kappa shape index (κ2) is 26.6. The predicted octanol–water partition coefficient (Wildman–Crippen LogP) is 1.78. The maximum absolute atomic E-state index is 14.2. The minimum atomic E-state index is -1.33. The molecule has 10 N–H and O–H groups in total. The molecule has 0 radical (unpaired) electrons. The average Bonchev–Trinajstić information content (AvgIpc) is 3.20. The fourth-order valence-corrected chi connectivity index (χ4v) is 5.70. The van der Waals surface area contributed by atoms with Gasteiger partial charge in [0, 0.05) is 62.0 Å².